The Hall–Kier alpha value is -1.12. The number of hydrogen-bond acceptors (Lipinski definition) is 3. The van der Waals surface area contributed by atoms with Gasteiger partial charge in [0.05, 0.1) is 7.11 Å². The van der Waals surface area contributed by atoms with Gasteiger partial charge in [-0.2, -0.15) is 0 Å². The number of rotatable bonds is 5. The third-order valence-electron chi connectivity index (χ3n) is 2.77. The molecule has 0 aromatic carbocycles. The Morgan fingerprint density at radius 2 is 2.27 bits per heavy atom. The van der Waals surface area contributed by atoms with Crippen molar-refractivity contribution >= 4 is 11.8 Å². The minimum atomic E-state index is -0.563. The van der Waals surface area contributed by atoms with Crippen molar-refractivity contribution in [3.05, 3.63) is 11.6 Å². The second-order valence-electron chi connectivity index (χ2n) is 3.86. The van der Waals surface area contributed by atoms with Crippen LogP contribution in [0.1, 0.15) is 39.0 Å². The molecule has 1 unspecified atom stereocenters. The molecule has 0 amide bonds. The van der Waals surface area contributed by atoms with Crippen molar-refractivity contribution in [1.29, 1.82) is 0 Å². The van der Waals surface area contributed by atoms with Crippen LogP contribution in [0.2, 0.25) is 0 Å². The normalized spacial score (nSPS) is 20.3. The molecule has 1 aliphatic rings. The van der Waals surface area contributed by atoms with E-state index in [1.807, 2.05) is 6.08 Å². The molecule has 1 rings (SSSR count). The first-order valence-electron chi connectivity index (χ1n) is 5.51. The van der Waals surface area contributed by atoms with E-state index in [1.54, 1.807) is 0 Å². The molecule has 0 radical (unpaired) electrons. The first-order chi connectivity index (χ1) is 7.20. The average molecular weight is 210 g/mol. The van der Waals surface area contributed by atoms with Gasteiger partial charge in [0.1, 0.15) is 5.92 Å². The topological polar surface area (TPSA) is 43.4 Å². The summed E-state index contributed by atoms with van der Waals surface area (Å²) in [6.07, 6.45) is 6.52. The Kier molecular flexibility index (Phi) is 4.53. The number of unbranched alkanes of at least 4 members (excludes halogenated alkanes) is 2. The summed E-state index contributed by atoms with van der Waals surface area (Å²) in [6, 6.07) is 0. The number of hydrogen-bond donors (Lipinski definition) is 0. The van der Waals surface area contributed by atoms with Gasteiger partial charge in [0.2, 0.25) is 0 Å². The molecule has 84 valence electrons. The Bertz CT molecular complexity index is 279. The third kappa shape index (κ3) is 2.91. The second-order valence-corrected chi connectivity index (χ2v) is 3.86. The van der Waals surface area contributed by atoms with Crippen LogP contribution in [0.4, 0.5) is 0 Å². The first kappa shape index (κ1) is 12.0. The maximum absolute atomic E-state index is 11.7. The summed E-state index contributed by atoms with van der Waals surface area (Å²) in [5.41, 5.74) is 0.818. The zero-order chi connectivity index (χ0) is 11.3. The van der Waals surface area contributed by atoms with E-state index in [2.05, 4.69) is 11.7 Å². The molecule has 0 saturated heterocycles. The van der Waals surface area contributed by atoms with Gasteiger partial charge in [-0.3, -0.25) is 9.59 Å². The van der Waals surface area contributed by atoms with E-state index in [1.165, 1.54) is 7.11 Å². The summed E-state index contributed by atoms with van der Waals surface area (Å²) >= 11 is 0. The molecule has 15 heavy (non-hydrogen) atoms. The quantitative estimate of drug-likeness (QED) is 0.397. The Labute approximate surface area is 90.5 Å². The standard InChI is InChI=1S/C12H18O3/c1-3-4-5-6-9-7-8-10(11(9)13)12(14)15-2/h7,10H,3-6,8H2,1-2H3. The maximum atomic E-state index is 11.7. The van der Waals surface area contributed by atoms with Crippen LogP contribution in [0.15, 0.2) is 11.6 Å². The van der Waals surface area contributed by atoms with Crippen molar-refractivity contribution in [2.24, 2.45) is 5.92 Å². The highest BCUT2D eigenvalue weighted by Gasteiger charge is 2.33. The predicted molar refractivity (Wildman–Crippen MR) is 57.4 cm³/mol. The van der Waals surface area contributed by atoms with Gasteiger partial charge < -0.3 is 4.74 Å². The molecule has 0 bridgehead atoms. The summed E-state index contributed by atoms with van der Waals surface area (Å²) in [5, 5.41) is 0. The number of methoxy groups -OCH3 is 1. The summed E-state index contributed by atoms with van der Waals surface area (Å²) < 4.78 is 4.59. The molecule has 1 aliphatic carbocycles. The van der Waals surface area contributed by atoms with Gasteiger partial charge in [0, 0.05) is 0 Å². The molecule has 3 heteroatoms. The molecule has 0 saturated carbocycles. The van der Waals surface area contributed by atoms with Gasteiger partial charge >= 0.3 is 5.97 Å². The van der Waals surface area contributed by atoms with E-state index in [4.69, 9.17) is 0 Å². The molecule has 0 aromatic heterocycles. The zero-order valence-corrected chi connectivity index (χ0v) is 9.41. The van der Waals surface area contributed by atoms with Crippen molar-refractivity contribution in [2.75, 3.05) is 7.11 Å². The highest BCUT2D eigenvalue weighted by atomic mass is 16.5. The molecule has 3 nitrogen and oxygen atoms in total. The van der Waals surface area contributed by atoms with Crippen LogP contribution in [0.25, 0.3) is 0 Å². The summed E-state index contributed by atoms with van der Waals surface area (Å²) in [7, 11) is 1.32. The van der Waals surface area contributed by atoms with Crippen LogP contribution in [-0.2, 0) is 14.3 Å². The lowest BCUT2D eigenvalue weighted by atomic mass is 10.0. The molecule has 0 aliphatic heterocycles. The molecule has 0 aromatic rings. The molecular weight excluding hydrogens is 192 g/mol. The Balaban J connectivity index is 2.44. The summed E-state index contributed by atoms with van der Waals surface area (Å²) in [6.45, 7) is 2.13. The monoisotopic (exact) mass is 210 g/mol. The minimum absolute atomic E-state index is 0.0297. The van der Waals surface area contributed by atoms with E-state index in [0.29, 0.717) is 6.42 Å². The average Bonchev–Trinajstić information content (AvgIpc) is 2.60. The number of carbonyl (C=O) groups is 2. The molecule has 0 spiro atoms. The highest BCUT2D eigenvalue weighted by molar-refractivity contribution is 6.10. The van der Waals surface area contributed by atoms with Gasteiger partial charge in [-0.25, -0.2) is 0 Å². The van der Waals surface area contributed by atoms with Crippen LogP contribution in [0.3, 0.4) is 0 Å². The fourth-order valence-electron chi connectivity index (χ4n) is 1.83. The number of carbonyl (C=O) groups excluding carboxylic acids is 2. The van der Waals surface area contributed by atoms with Crippen LogP contribution in [0.5, 0.6) is 0 Å². The molecule has 1 atom stereocenters. The van der Waals surface area contributed by atoms with Crippen molar-refractivity contribution in [3.8, 4) is 0 Å². The Morgan fingerprint density at radius 3 is 2.87 bits per heavy atom. The smallest absolute Gasteiger partial charge is 0.316 e. The van der Waals surface area contributed by atoms with E-state index >= 15 is 0 Å². The first-order valence-corrected chi connectivity index (χ1v) is 5.51. The summed E-state index contributed by atoms with van der Waals surface area (Å²) in [4.78, 5) is 23.0. The van der Waals surface area contributed by atoms with Crippen molar-refractivity contribution in [2.45, 2.75) is 39.0 Å². The molecule has 0 heterocycles. The Morgan fingerprint density at radius 1 is 1.53 bits per heavy atom. The number of esters is 1. The minimum Gasteiger partial charge on any atom is -0.468 e. The second kappa shape index (κ2) is 5.69. The van der Waals surface area contributed by atoms with Crippen LogP contribution >= 0.6 is 0 Å². The number of allylic oxidation sites excluding steroid dienone is 2. The lowest BCUT2D eigenvalue weighted by molar-refractivity contribution is -0.147. The van der Waals surface area contributed by atoms with Gasteiger partial charge in [0.25, 0.3) is 0 Å². The van der Waals surface area contributed by atoms with E-state index in [0.717, 1.165) is 31.3 Å². The van der Waals surface area contributed by atoms with Gasteiger partial charge in [-0.05, 0) is 24.8 Å². The fraction of sp³-hybridized carbons (Fsp3) is 0.667. The summed E-state index contributed by atoms with van der Waals surface area (Å²) in [5.74, 6) is -0.994. The van der Waals surface area contributed by atoms with Gasteiger partial charge in [0.15, 0.2) is 5.78 Å². The van der Waals surface area contributed by atoms with Crippen molar-refractivity contribution in [3.63, 3.8) is 0 Å². The zero-order valence-electron chi connectivity index (χ0n) is 9.41. The molecule has 0 fully saturated rings. The SMILES string of the molecule is CCCCCC1=CCC(C(=O)OC)C1=O. The maximum Gasteiger partial charge on any atom is 0.316 e. The number of ketones is 1. The van der Waals surface area contributed by atoms with E-state index in [9.17, 15) is 9.59 Å². The molecular formula is C12H18O3. The van der Waals surface area contributed by atoms with E-state index in [-0.39, 0.29) is 5.78 Å². The lowest BCUT2D eigenvalue weighted by Crippen LogP contribution is -2.22. The van der Waals surface area contributed by atoms with Crippen LogP contribution in [-0.4, -0.2) is 18.9 Å². The number of Topliss-reactive ketones (excluding diaryl/α,β-unsaturated/α-hetero) is 1. The lowest BCUT2D eigenvalue weighted by Gasteiger charge is -2.06. The van der Waals surface area contributed by atoms with Crippen LogP contribution in [0, 0.1) is 5.92 Å². The number of ether oxygens (including phenoxy) is 1. The fourth-order valence-corrected chi connectivity index (χ4v) is 1.83. The molecule has 0 N–H and O–H groups in total. The third-order valence-corrected chi connectivity index (χ3v) is 2.77. The van der Waals surface area contributed by atoms with Gasteiger partial charge in [-0.1, -0.05) is 25.8 Å². The largest absolute Gasteiger partial charge is 0.468 e. The van der Waals surface area contributed by atoms with E-state index < -0.39 is 11.9 Å². The van der Waals surface area contributed by atoms with Crippen molar-refractivity contribution in [1.82, 2.24) is 0 Å². The van der Waals surface area contributed by atoms with Gasteiger partial charge in [-0.15, -0.1) is 0 Å². The van der Waals surface area contributed by atoms with Crippen LogP contribution < -0.4 is 0 Å². The predicted octanol–water partition coefficient (Wildman–Crippen LogP) is 2.26. The highest BCUT2D eigenvalue weighted by Crippen LogP contribution is 2.25. The van der Waals surface area contributed by atoms with Crippen molar-refractivity contribution < 1.29 is 14.3 Å².